The highest BCUT2D eigenvalue weighted by Crippen LogP contribution is 2.40. The Morgan fingerprint density at radius 2 is 1.93 bits per heavy atom. The number of halogens is 1. The molecule has 1 fully saturated rings. The van der Waals surface area contributed by atoms with Crippen molar-refractivity contribution in [2.75, 3.05) is 12.0 Å². The SMILES string of the molecule is COc1cc(/C=C2/SC(=S)N(c3cccc4ccccc34)C2=O)c(Br)cc1O. The third-order valence-corrected chi connectivity index (χ3v) is 6.37. The van der Waals surface area contributed by atoms with Gasteiger partial charge < -0.3 is 9.84 Å². The molecule has 0 spiro atoms. The van der Waals surface area contributed by atoms with E-state index in [-0.39, 0.29) is 11.7 Å². The van der Waals surface area contributed by atoms with Crippen LogP contribution in [0.3, 0.4) is 0 Å². The van der Waals surface area contributed by atoms with Gasteiger partial charge in [-0.05, 0) is 35.2 Å². The molecule has 1 aliphatic heterocycles. The number of methoxy groups -OCH3 is 1. The Hall–Kier alpha value is -2.35. The number of aromatic hydroxyl groups is 1. The average molecular weight is 472 g/mol. The van der Waals surface area contributed by atoms with Crippen molar-refractivity contribution in [3.05, 3.63) is 69.5 Å². The molecule has 0 aliphatic carbocycles. The Bertz CT molecular complexity index is 1150. The van der Waals surface area contributed by atoms with Crippen LogP contribution < -0.4 is 9.64 Å². The van der Waals surface area contributed by atoms with Gasteiger partial charge in [0, 0.05) is 9.86 Å². The van der Waals surface area contributed by atoms with E-state index in [1.54, 1.807) is 17.0 Å². The highest BCUT2D eigenvalue weighted by atomic mass is 79.9. The van der Waals surface area contributed by atoms with Crippen LogP contribution in [0.1, 0.15) is 5.56 Å². The standard InChI is InChI=1S/C21H14BrNO3S2/c1-26-18-9-13(15(22)11-17(18)24)10-19-20(25)23(21(27)28-19)16-8-4-6-12-5-2-3-7-14(12)16/h2-11,24H,1H3/b19-10+. The lowest BCUT2D eigenvalue weighted by molar-refractivity contribution is -0.113. The second-order valence-electron chi connectivity index (χ2n) is 6.06. The van der Waals surface area contributed by atoms with Crippen LogP contribution in [0.4, 0.5) is 5.69 Å². The van der Waals surface area contributed by atoms with Gasteiger partial charge in [-0.25, -0.2) is 0 Å². The van der Waals surface area contributed by atoms with Gasteiger partial charge in [-0.2, -0.15) is 0 Å². The van der Waals surface area contributed by atoms with Crippen molar-refractivity contribution in [3.63, 3.8) is 0 Å². The third-order valence-electron chi connectivity index (χ3n) is 4.39. The number of benzene rings is 3. The summed E-state index contributed by atoms with van der Waals surface area (Å²) in [5, 5.41) is 11.9. The minimum absolute atomic E-state index is 0.0230. The van der Waals surface area contributed by atoms with Crippen LogP contribution in [0.2, 0.25) is 0 Å². The van der Waals surface area contributed by atoms with Crippen molar-refractivity contribution in [3.8, 4) is 11.5 Å². The first-order valence-electron chi connectivity index (χ1n) is 8.32. The predicted octanol–water partition coefficient (Wildman–Crippen LogP) is 5.72. The molecular formula is C21H14BrNO3S2. The molecule has 0 unspecified atom stereocenters. The molecule has 1 saturated heterocycles. The zero-order valence-corrected chi connectivity index (χ0v) is 17.9. The lowest BCUT2D eigenvalue weighted by Crippen LogP contribution is -2.27. The molecule has 1 aliphatic rings. The third kappa shape index (κ3) is 3.30. The maximum Gasteiger partial charge on any atom is 0.270 e. The number of thioether (sulfide) groups is 1. The molecule has 1 heterocycles. The highest BCUT2D eigenvalue weighted by Gasteiger charge is 2.34. The second-order valence-corrected chi connectivity index (χ2v) is 8.59. The average Bonchev–Trinajstić information content (AvgIpc) is 2.96. The second kappa shape index (κ2) is 7.58. The Morgan fingerprint density at radius 1 is 1.18 bits per heavy atom. The van der Waals surface area contributed by atoms with E-state index in [9.17, 15) is 9.90 Å². The molecule has 4 rings (SSSR count). The van der Waals surface area contributed by atoms with Crippen LogP contribution in [0.25, 0.3) is 16.8 Å². The lowest BCUT2D eigenvalue weighted by atomic mass is 10.1. The number of carbonyl (C=O) groups excluding carboxylic acids is 1. The number of hydrogen-bond acceptors (Lipinski definition) is 5. The number of thiocarbonyl (C=S) groups is 1. The van der Waals surface area contributed by atoms with Crippen LogP contribution in [0.5, 0.6) is 11.5 Å². The molecule has 0 bridgehead atoms. The molecule has 140 valence electrons. The van der Waals surface area contributed by atoms with Gasteiger partial charge in [0.15, 0.2) is 15.8 Å². The van der Waals surface area contributed by atoms with Crippen molar-refractivity contribution < 1.29 is 14.6 Å². The first-order chi connectivity index (χ1) is 13.5. The quantitative estimate of drug-likeness (QED) is 0.390. The van der Waals surface area contributed by atoms with Crippen molar-refractivity contribution in [1.82, 2.24) is 0 Å². The number of phenols is 1. The Kier molecular flexibility index (Phi) is 5.14. The highest BCUT2D eigenvalue weighted by molar-refractivity contribution is 9.10. The van der Waals surface area contributed by atoms with Gasteiger partial charge in [0.05, 0.1) is 17.7 Å². The number of amides is 1. The van der Waals surface area contributed by atoms with Crippen molar-refractivity contribution >= 4 is 72.7 Å². The largest absolute Gasteiger partial charge is 0.504 e. The van der Waals surface area contributed by atoms with Gasteiger partial charge in [0.1, 0.15) is 0 Å². The zero-order valence-electron chi connectivity index (χ0n) is 14.7. The van der Waals surface area contributed by atoms with Crippen LogP contribution in [-0.2, 0) is 4.79 Å². The minimum Gasteiger partial charge on any atom is -0.504 e. The van der Waals surface area contributed by atoms with Gasteiger partial charge >= 0.3 is 0 Å². The van der Waals surface area contributed by atoms with Crippen LogP contribution in [-0.4, -0.2) is 22.4 Å². The molecule has 0 radical (unpaired) electrons. The summed E-state index contributed by atoms with van der Waals surface area (Å²) in [6.07, 6.45) is 1.75. The lowest BCUT2D eigenvalue weighted by Gasteiger charge is -2.17. The first kappa shape index (κ1) is 19.0. The van der Waals surface area contributed by atoms with E-state index in [4.69, 9.17) is 17.0 Å². The van der Waals surface area contributed by atoms with E-state index < -0.39 is 0 Å². The van der Waals surface area contributed by atoms with Gasteiger partial charge in [-0.15, -0.1) is 0 Å². The van der Waals surface area contributed by atoms with Gasteiger partial charge in [-0.3, -0.25) is 9.69 Å². The molecule has 1 N–H and O–H groups in total. The Balaban J connectivity index is 1.77. The molecule has 3 aromatic rings. The summed E-state index contributed by atoms with van der Waals surface area (Å²) in [5.41, 5.74) is 1.49. The van der Waals surface area contributed by atoms with E-state index in [2.05, 4.69) is 15.9 Å². The summed E-state index contributed by atoms with van der Waals surface area (Å²) < 4.78 is 6.30. The first-order valence-corrected chi connectivity index (χ1v) is 10.3. The molecule has 4 nitrogen and oxygen atoms in total. The van der Waals surface area contributed by atoms with E-state index in [0.29, 0.717) is 25.0 Å². The minimum atomic E-state index is -0.176. The van der Waals surface area contributed by atoms with Crippen LogP contribution in [0.15, 0.2) is 64.0 Å². The topological polar surface area (TPSA) is 49.8 Å². The molecule has 3 aromatic carbocycles. The molecule has 7 heteroatoms. The molecule has 0 atom stereocenters. The van der Waals surface area contributed by atoms with Crippen molar-refractivity contribution in [1.29, 1.82) is 0 Å². The van der Waals surface area contributed by atoms with E-state index in [1.807, 2.05) is 42.5 Å². The van der Waals surface area contributed by atoms with Gasteiger partial charge in [0.25, 0.3) is 5.91 Å². The number of ether oxygens (including phenoxy) is 1. The number of anilines is 1. The predicted molar refractivity (Wildman–Crippen MR) is 122 cm³/mol. The Morgan fingerprint density at radius 3 is 2.71 bits per heavy atom. The van der Waals surface area contributed by atoms with Gasteiger partial charge in [-0.1, -0.05) is 76.3 Å². The van der Waals surface area contributed by atoms with Gasteiger partial charge in [0.2, 0.25) is 0 Å². The molecular weight excluding hydrogens is 458 g/mol. The van der Waals surface area contributed by atoms with E-state index in [1.165, 1.54) is 24.9 Å². The fraction of sp³-hybridized carbons (Fsp3) is 0.0476. The summed E-state index contributed by atoms with van der Waals surface area (Å²) in [7, 11) is 1.48. The number of rotatable bonds is 3. The number of phenolic OH excluding ortho intramolecular Hbond substituents is 1. The molecule has 1 amide bonds. The summed E-state index contributed by atoms with van der Waals surface area (Å²) >= 11 is 10.2. The van der Waals surface area contributed by atoms with E-state index in [0.717, 1.165) is 16.5 Å². The normalized spacial score (nSPS) is 15.6. The smallest absolute Gasteiger partial charge is 0.270 e. The number of nitrogens with zero attached hydrogens (tertiary/aromatic N) is 1. The van der Waals surface area contributed by atoms with Crippen molar-refractivity contribution in [2.24, 2.45) is 0 Å². The Labute approximate surface area is 179 Å². The maximum absolute atomic E-state index is 13.2. The monoisotopic (exact) mass is 471 g/mol. The van der Waals surface area contributed by atoms with Crippen molar-refractivity contribution in [2.45, 2.75) is 0 Å². The maximum atomic E-state index is 13.2. The van der Waals surface area contributed by atoms with Crippen LogP contribution >= 0.6 is 39.9 Å². The zero-order chi connectivity index (χ0) is 19.8. The summed E-state index contributed by atoms with van der Waals surface area (Å²) in [6, 6.07) is 16.9. The number of carbonyl (C=O) groups is 1. The molecule has 28 heavy (non-hydrogen) atoms. The molecule has 0 aromatic heterocycles. The number of fused-ring (bicyclic) bond motifs is 1. The summed E-state index contributed by atoms with van der Waals surface area (Å²) in [5.74, 6) is 0.180. The number of hydrogen-bond donors (Lipinski definition) is 1. The van der Waals surface area contributed by atoms with E-state index >= 15 is 0 Å². The molecule has 0 saturated carbocycles. The summed E-state index contributed by atoms with van der Waals surface area (Å²) in [4.78, 5) is 15.2. The fourth-order valence-electron chi connectivity index (χ4n) is 3.05. The fourth-order valence-corrected chi connectivity index (χ4v) is 4.77. The summed E-state index contributed by atoms with van der Waals surface area (Å²) in [6.45, 7) is 0. The van der Waals surface area contributed by atoms with Crippen LogP contribution in [0, 0.1) is 0 Å².